The van der Waals surface area contributed by atoms with Crippen LogP contribution in [0.4, 0.5) is 0 Å². The molecule has 78 valence electrons. The SMILES string of the molecule is COCC(C)CNC(=O)C(C)CN. The number of amides is 1. The highest BCUT2D eigenvalue weighted by molar-refractivity contribution is 5.78. The van der Waals surface area contributed by atoms with Crippen LogP contribution in [-0.4, -0.2) is 32.7 Å². The lowest BCUT2D eigenvalue weighted by Crippen LogP contribution is -2.36. The summed E-state index contributed by atoms with van der Waals surface area (Å²) in [7, 11) is 1.65. The van der Waals surface area contributed by atoms with Crippen molar-refractivity contribution in [2.75, 3.05) is 26.8 Å². The van der Waals surface area contributed by atoms with E-state index in [0.717, 1.165) is 0 Å². The largest absolute Gasteiger partial charge is 0.384 e. The molecule has 0 aromatic rings. The van der Waals surface area contributed by atoms with Crippen LogP contribution in [0.1, 0.15) is 13.8 Å². The number of nitrogens with one attached hydrogen (secondary N) is 1. The third kappa shape index (κ3) is 5.60. The summed E-state index contributed by atoms with van der Waals surface area (Å²) in [6.45, 7) is 5.55. The van der Waals surface area contributed by atoms with Gasteiger partial charge in [0.15, 0.2) is 0 Å². The predicted molar refractivity (Wildman–Crippen MR) is 52.3 cm³/mol. The lowest BCUT2D eigenvalue weighted by atomic mass is 10.1. The fourth-order valence-electron chi connectivity index (χ4n) is 0.900. The normalized spacial score (nSPS) is 15.1. The zero-order chi connectivity index (χ0) is 10.3. The second-order valence-corrected chi connectivity index (χ2v) is 3.44. The molecule has 0 aliphatic carbocycles. The second kappa shape index (κ2) is 6.86. The summed E-state index contributed by atoms with van der Waals surface area (Å²) in [4.78, 5) is 11.3. The monoisotopic (exact) mass is 188 g/mol. The van der Waals surface area contributed by atoms with Gasteiger partial charge in [0, 0.05) is 26.1 Å². The van der Waals surface area contributed by atoms with Crippen LogP contribution >= 0.6 is 0 Å². The van der Waals surface area contributed by atoms with Crippen LogP contribution < -0.4 is 11.1 Å². The predicted octanol–water partition coefficient (Wildman–Crippen LogP) is -0.0201. The first-order valence-corrected chi connectivity index (χ1v) is 4.58. The molecular weight excluding hydrogens is 168 g/mol. The molecule has 1 amide bonds. The second-order valence-electron chi connectivity index (χ2n) is 3.44. The lowest BCUT2D eigenvalue weighted by molar-refractivity contribution is -0.124. The summed E-state index contributed by atoms with van der Waals surface area (Å²) < 4.78 is 4.95. The molecule has 0 rings (SSSR count). The molecule has 13 heavy (non-hydrogen) atoms. The van der Waals surface area contributed by atoms with E-state index in [-0.39, 0.29) is 11.8 Å². The van der Waals surface area contributed by atoms with Crippen LogP contribution in [0.15, 0.2) is 0 Å². The smallest absolute Gasteiger partial charge is 0.224 e. The third-order valence-corrected chi connectivity index (χ3v) is 1.88. The van der Waals surface area contributed by atoms with Crippen LogP contribution in [0.2, 0.25) is 0 Å². The maximum Gasteiger partial charge on any atom is 0.224 e. The van der Waals surface area contributed by atoms with Gasteiger partial charge < -0.3 is 15.8 Å². The van der Waals surface area contributed by atoms with E-state index >= 15 is 0 Å². The van der Waals surface area contributed by atoms with E-state index in [1.165, 1.54) is 0 Å². The number of nitrogens with two attached hydrogens (primary N) is 1. The van der Waals surface area contributed by atoms with Crippen molar-refractivity contribution in [2.45, 2.75) is 13.8 Å². The minimum Gasteiger partial charge on any atom is -0.384 e. The molecule has 0 saturated heterocycles. The van der Waals surface area contributed by atoms with Crippen molar-refractivity contribution >= 4 is 5.91 Å². The number of hydrogen-bond donors (Lipinski definition) is 2. The molecule has 4 nitrogen and oxygen atoms in total. The van der Waals surface area contributed by atoms with E-state index in [1.807, 2.05) is 13.8 Å². The molecule has 4 heteroatoms. The molecule has 0 aromatic heterocycles. The van der Waals surface area contributed by atoms with E-state index in [0.29, 0.717) is 25.6 Å². The Labute approximate surface area is 79.8 Å². The molecule has 0 fully saturated rings. The molecule has 2 unspecified atom stereocenters. The Morgan fingerprint density at radius 3 is 2.62 bits per heavy atom. The fourth-order valence-corrected chi connectivity index (χ4v) is 0.900. The Kier molecular flexibility index (Phi) is 6.54. The summed E-state index contributed by atoms with van der Waals surface area (Å²) >= 11 is 0. The molecule has 0 spiro atoms. The lowest BCUT2D eigenvalue weighted by Gasteiger charge is -2.13. The first-order chi connectivity index (χ1) is 6.11. The van der Waals surface area contributed by atoms with Crippen molar-refractivity contribution in [1.29, 1.82) is 0 Å². The quantitative estimate of drug-likeness (QED) is 0.615. The topological polar surface area (TPSA) is 64.3 Å². The Bertz CT molecular complexity index is 151. The molecule has 0 aliphatic heterocycles. The highest BCUT2D eigenvalue weighted by Gasteiger charge is 2.11. The fraction of sp³-hybridized carbons (Fsp3) is 0.889. The number of ether oxygens (including phenoxy) is 1. The van der Waals surface area contributed by atoms with Gasteiger partial charge >= 0.3 is 0 Å². The van der Waals surface area contributed by atoms with Crippen LogP contribution in [0.25, 0.3) is 0 Å². The van der Waals surface area contributed by atoms with Crippen LogP contribution in [0.3, 0.4) is 0 Å². The van der Waals surface area contributed by atoms with Gasteiger partial charge in [-0.2, -0.15) is 0 Å². The molecule has 0 heterocycles. The van der Waals surface area contributed by atoms with E-state index in [2.05, 4.69) is 5.32 Å². The Morgan fingerprint density at radius 2 is 2.15 bits per heavy atom. The van der Waals surface area contributed by atoms with Gasteiger partial charge in [-0.1, -0.05) is 13.8 Å². The molecule has 3 N–H and O–H groups in total. The van der Waals surface area contributed by atoms with E-state index in [1.54, 1.807) is 7.11 Å². The van der Waals surface area contributed by atoms with Gasteiger partial charge in [0.25, 0.3) is 0 Å². The van der Waals surface area contributed by atoms with Gasteiger partial charge in [-0.15, -0.1) is 0 Å². The Morgan fingerprint density at radius 1 is 1.54 bits per heavy atom. The molecular formula is C9H20N2O2. The van der Waals surface area contributed by atoms with Gasteiger partial charge in [0.05, 0.1) is 6.61 Å². The molecule has 0 saturated carbocycles. The van der Waals surface area contributed by atoms with Crippen LogP contribution in [-0.2, 0) is 9.53 Å². The molecule has 0 aromatic carbocycles. The first kappa shape index (κ1) is 12.4. The molecule has 2 atom stereocenters. The van der Waals surface area contributed by atoms with Crippen molar-refractivity contribution in [1.82, 2.24) is 5.32 Å². The maximum atomic E-state index is 11.3. The summed E-state index contributed by atoms with van der Waals surface area (Å²) in [6.07, 6.45) is 0. The molecule has 0 radical (unpaired) electrons. The first-order valence-electron chi connectivity index (χ1n) is 4.58. The average Bonchev–Trinajstić information content (AvgIpc) is 2.13. The van der Waals surface area contributed by atoms with Gasteiger partial charge in [0.1, 0.15) is 0 Å². The van der Waals surface area contributed by atoms with Gasteiger partial charge in [0.2, 0.25) is 5.91 Å². The minimum absolute atomic E-state index is 0.0189. The van der Waals surface area contributed by atoms with E-state index in [9.17, 15) is 4.79 Å². The number of methoxy groups -OCH3 is 1. The molecule has 0 aliphatic rings. The standard InChI is InChI=1S/C9H20N2O2/c1-7(6-13-3)5-11-9(12)8(2)4-10/h7-8H,4-6,10H2,1-3H3,(H,11,12). The highest BCUT2D eigenvalue weighted by atomic mass is 16.5. The minimum atomic E-state index is -0.102. The Balaban J connectivity index is 3.57. The van der Waals surface area contributed by atoms with Gasteiger partial charge in [-0.25, -0.2) is 0 Å². The highest BCUT2D eigenvalue weighted by Crippen LogP contribution is 1.95. The van der Waals surface area contributed by atoms with Gasteiger partial charge in [-0.05, 0) is 5.92 Å². The summed E-state index contributed by atoms with van der Waals surface area (Å²) in [5, 5.41) is 2.82. The summed E-state index contributed by atoms with van der Waals surface area (Å²) in [5.74, 6) is 0.263. The van der Waals surface area contributed by atoms with Crippen LogP contribution in [0, 0.1) is 11.8 Å². The number of carbonyl (C=O) groups is 1. The molecule has 0 bridgehead atoms. The van der Waals surface area contributed by atoms with Crippen molar-refractivity contribution in [3.8, 4) is 0 Å². The van der Waals surface area contributed by atoms with E-state index in [4.69, 9.17) is 10.5 Å². The zero-order valence-electron chi connectivity index (χ0n) is 8.67. The number of carbonyl (C=O) groups excluding carboxylic acids is 1. The van der Waals surface area contributed by atoms with Gasteiger partial charge in [-0.3, -0.25) is 4.79 Å². The van der Waals surface area contributed by atoms with Crippen LogP contribution in [0.5, 0.6) is 0 Å². The van der Waals surface area contributed by atoms with Crippen molar-refractivity contribution < 1.29 is 9.53 Å². The summed E-state index contributed by atoms with van der Waals surface area (Å²) in [6, 6.07) is 0. The van der Waals surface area contributed by atoms with Crippen molar-refractivity contribution in [3.63, 3.8) is 0 Å². The van der Waals surface area contributed by atoms with E-state index < -0.39 is 0 Å². The number of rotatable bonds is 6. The summed E-state index contributed by atoms with van der Waals surface area (Å²) in [5.41, 5.74) is 5.35. The van der Waals surface area contributed by atoms with Crippen molar-refractivity contribution in [2.24, 2.45) is 17.6 Å². The van der Waals surface area contributed by atoms with Crippen molar-refractivity contribution in [3.05, 3.63) is 0 Å². The zero-order valence-corrected chi connectivity index (χ0v) is 8.67. The number of hydrogen-bond acceptors (Lipinski definition) is 3. The Hall–Kier alpha value is -0.610. The third-order valence-electron chi connectivity index (χ3n) is 1.88. The average molecular weight is 188 g/mol. The maximum absolute atomic E-state index is 11.3.